The highest BCUT2D eigenvalue weighted by Crippen LogP contribution is 2.18. The van der Waals surface area contributed by atoms with Crippen LogP contribution in [0.1, 0.15) is 18.4 Å². The van der Waals surface area contributed by atoms with E-state index in [1.54, 1.807) is 0 Å². The van der Waals surface area contributed by atoms with E-state index in [0.717, 1.165) is 12.2 Å². The molecule has 1 fully saturated rings. The molecule has 0 saturated carbocycles. The summed E-state index contributed by atoms with van der Waals surface area (Å²) in [5.74, 6) is 2.59. The van der Waals surface area contributed by atoms with E-state index in [2.05, 4.69) is 23.1 Å². The number of nitrogens with two attached hydrogens (primary N) is 1. The van der Waals surface area contributed by atoms with Crippen molar-refractivity contribution in [3.63, 3.8) is 0 Å². The Balaban J connectivity index is 1.84. The van der Waals surface area contributed by atoms with Crippen molar-refractivity contribution in [1.29, 1.82) is 0 Å². The van der Waals surface area contributed by atoms with E-state index in [4.69, 9.17) is 5.73 Å². The highest BCUT2D eigenvalue weighted by molar-refractivity contribution is 7.99. The molecule has 0 unspecified atom stereocenters. The smallest absolute Gasteiger partial charge is 0.0359 e. The molecular weight excluding hydrogens is 204 g/mol. The Morgan fingerprint density at radius 1 is 1.27 bits per heavy atom. The molecule has 0 radical (unpaired) electrons. The molecule has 3 N–H and O–H groups in total. The fraction of sp³-hybridized carbons (Fsp3) is 0.500. The molecule has 1 saturated heterocycles. The molecule has 1 aliphatic heterocycles. The third-order valence-corrected chi connectivity index (χ3v) is 3.91. The van der Waals surface area contributed by atoms with E-state index in [-0.39, 0.29) is 0 Å². The van der Waals surface area contributed by atoms with E-state index in [9.17, 15) is 0 Å². The van der Waals surface area contributed by atoms with Gasteiger partial charge in [-0.05, 0) is 36.0 Å². The number of hydrogen-bond donors (Lipinski definition) is 2. The van der Waals surface area contributed by atoms with Crippen molar-refractivity contribution in [2.45, 2.75) is 25.4 Å². The molecule has 2 rings (SSSR count). The van der Waals surface area contributed by atoms with Gasteiger partial charge in [0, 0.05) is 18.3 Å². The second-order valence-electron chi connectivity index (χ2n) is 3.97. The fourth-order valence-corrected chi connectivity index (χ4v) is 2.96. The van der Waals surface area contributed by atoms with Crippen LogP contribution in [0.3, 0.4) is 0 Å². The van der Waals surface area contributed by atoms with Crippen LogP contribution in [0.4, 0.5) is 5.69 Å². The zero-order chi connectivity index (χ0) is 10.5. The van der Waals surface area contributed by atoms with Gasteiger partial charge in [0.25, 0.3) is 0 Å². The van der Waals surface area contributed by atoms with Crippen molar-refractivity contribution in [1.82, 2.24) is 5.32 Å². The first kappa shape index (κ1) is 10.8. The highest BCUT2D eigenvalue weighted by atomic mass is 32.2. The highest BCUT2D eigenvalue weighted by Gasteiger charge is 2.12. The molecule has 1 heterocycles. The summed E-state index contributed by atoms with van der Waals surface area (Å²) >= 11 is 2.06. The van der Waals surface area contributed by atoms with Crippen molar-refractivity contribution in [2.75, 3.05) is 17.2 Å². The molecule has 1 aromatic carbocycles. The van der Waals surface area contributed by atoms with E-state index >= 15 is 0 Å². The van der Waals surface area contributed by atoms with Crippen molar-refractivity contribution in [3.8, 4) is 0 Å². The maximum atomic E-state index is 5.89. The van der Waals surface area contributed by atoms with Crippen LogP contribution in [-0.2, 0) is 6.54 Å². The normalized spacial score (nSPS) is 17.9. The summed E-state index contributed by atoms with van der Waals surface area (Å²) in [5, 5.41) is 3.59. The third-order valence-electron chi connectivity index (χ3n) is 2.86. The average Bonchev–Trinajstić information content (AvgIpc) is 2.29. The summed E-state index contributed by atoms with van der Waals surface area (Å²) in [7, 11) is 0. The largest absolute Gasteiger partial charge is 0.398 e. The molecule has 1 aliphatic rings. The minimum absolute atomic E-state index is 0.686. The van der Waals surface area contributed by atoms with Crippen molar-refractivity contribution in [2.24, 2.45) is 0 Å². The summed E-state index contributed by atoms with van der Waals surface area (Å²) in [6.07, 6.45) is 2.58. The van der Waals surface area contributed by atoms with Crippen molar-refractivity contribution >= 4 is 17.4 Å². The van der Waals surface area contributed by atoms with E-state index in [1.165, 1.54) is 29.9 Å². The van der Waals surface area contributed by atoms with Crippen LogP contribution in [-0.4, -0.2) is 17.5 Å². The molecule has 3 heteroatoms. The summed E-state index contributed by atoms with van der Waals surface area (Å²) in [5.41, 5.74) is 8.01. The lowest BCUT2D eigenvalue weighted by molar-refractivity contribution is 0.482. The predicted octanol–water partition coefficient (Wildman–Crippen LogP) is 2.25. The Kier molecular flexibility index (Phi) is 3.92. The maximum absolute atomic E-state index is 5.89. The first-order chi connectivity index (χ1) is 7.36. The Morgan fingerprint density at radius 2 is 2.00 bits per heavy atom. The quantitative estimate of drug-likeness (QED) is 0.770. The molecular formula is C12H18N2S. The van der Waals surface area contributed by atoms with Crippen LogP contribution in [0.5, 0.6) is 0 Å². The van der Waals surface area contributed by atoms with Gasteiger partial charge in [-0.3, -0.25) is 0 Å². The molecule has 0 amide bonds. The number of anilines is 1. The lowest BCUT2D eigenvalue weighted by Gasteiger charge is -2.22. The van der Waals surface area contributed by atoms with Crippen molar-refractivity contribution < 1.29 is 0 Å². The van der Waals surface area contributed by atoms with E-state index < -0.39 is 0 Å². The van der Waals surface area contributed by atoms with Gasteiger partial charge in [-0.1, -0.05) is 18.2 Å². The molecule has 82 valence electrons. The minimum atomic E-state index is 0.686. The zero-order valence-electron chi connectivity index (χ0n) is 8.91. The monoisotopic (exact) mass is 222 g/mol. The first-order valence-corrected chi connectivity index (χ1v) is 6.66. The topological polar surface area (TPSA) is 38.0 Å². The predicted molar refractivity (Wildman–Crippen MR) is 68.0 cm³/mol. The molecule has 1 aromatic rings. The third kappa shape index (κ3) is 3.14. The summed E-state index contributed by atoms with van der Waals surface area (Å²) < 4.78 is 0. The van der Waals surface area contributed by atoms with Gasteiger partial charge in [0.15, 0.2) is 0 Å². The SMILES string of the molecule is Nc1ccccc1CNC1CCSCC1. The number of nitrogen functional groups attached to an aromatic ring is 1. The number of para-hydroxylation sites is 1. The molecule has 15 heavy (non-hydrogen) atoms. The average molecular weight is 222 g/mol. The molecule has 0 aliphatic carbocycles. The number of thioether (sulfide) groups is 1. The van der Waals surface area contributed by atoms with Gasteiger partial charge in [-0.2, -0.15) is 11.8 Å². The molecule has 0 aromatic heterocycles. The molecule has 0 spiro atoms. The van der Waals surface area contributed by atoms with Crippen LogP contribution in [0.2, 0.25) is 0 Å². The van der Waals surface area contributed by atoms with E-state index in [0.29, 0.717) is 6.04 Å². The minimum Gasteiger partial charge on any atom is -0.398 e. The molecule has 2 nitrogen and oxygen atoms in total. The summed E-state index contributed by atoms with van der Waals surface area (Å²) in [6.45, 7) is 0.905. The maximum Gasteiger partial charge on any atom is 0.0359 e. The number of rotatable bonds is 3. The van der Waals surface area contributed by atoms with Crippen LogP contribution in [0.15, 0.2) is 24.3 Å². The van der Waals surface area contributed by atoms with Crippen molar-refractivity contribution in [3.05, 3.63) is 29.8 Å². The van der Waals surface area contributed by atoms with Gasteiger partial charge >= 0.3 is 0 Å². The Labute approximate surface area is 95.6 Å². The standard InChI is InChI=1S/C12H18N2S/c13-12-4-2-1-3-10(12)9-14-11-5-7-15-8-6-11/h1-4,11,14H,5-9,13H2. The zero-order valence-corrected chi connectivity index (χ0v) is 9.72. The Morgan fingerprint density at radius 3 is 2.73 bits per heavy atom. The van der Waals surface area contributed by atoms with Crippen LogP contribution in [0, 0.1) is 0 Å². The number of hydrogen-bond acceptors (Lipinski definition) is 3. The lowest BCUT2D eigenvalue weighted by Crippen LogP contribution is -2.32. The second-order valence-corrected chi connectivity index (χ2v) is 5.19. The van der Waals surface area contributed by atoms with E-state index in [1.807, 2.05) is 18.2 Å². The van der Waals surface area contributed by atoms with Gasteiger partial charge in [-0.15, -0.1) is 0 Å². The Hall–Kier alpha value is -0.670. The number of nitrogens with one attached hydrogen (secondary N) is 1. The second kappa shape index (κ2) is 5.42. The lowest BCUT2D eigenvalue weighted by atomic mass is 10.1. The van der Waals surface area contributed by atoms with Gasteiger partial charge in [-0.25, -0.2) is 0 Å². The van der Waals surface area contributed by atoms with Gasteiger partial charge in [0.05, 0.1) is 0 Å². The van der Waals surface area contributed by atoms with Crippen LogP contribution >= 0.6 is 11.8 Å². The van der Waals surface area contributed by atoms with Gasteiger partial charge in [0.2, 0.25) is 0 Å². The summed E-state index contributed by atoms with van der Waals surface area (Å²) in [6, 6.07) is 8.78. The summed E-state index contributed by atoms with van der Waals surface area (Å²) in [4.78, 5) is 0. The molecule has 0 bridgehead atoms. The van der Waals surface area contributed by atoms with Gasteiger partial charge in [0.1, 0.15) is 0 Å². The number of benzene rings is 1. The van der Waals surface area contributed by atoms with Crippen LogP contribution < -0.4 is 11.1 Å². The fourth-order valence-electron chi connectivity index (χ4n) is 1.85. The van der Waals surface area contributed by atoms with Gasteiger partial charge < -0.3 is 11.1 Å². The van der Waals surface area contributed by atoms with Crippen LogP contribution in [0.25, 0.3) is 0 Å². The molecule has 0 atom stereocenters. The Bertz CT molecular complexity index is 308. The first-order valence-electron chi connectivity index (χ1n) is 5.51.